The predicted octanol–water partition coefficient (Wildman–Crippen LogP) is 2.49. The first-order valence-corrected chi connectivity index (χ1v) is 4.43. The quantitative estimate of drug-likeness (QED) is 0.341. The number of halogens is 1. The van der Waals surface area contributed by atoms with E-state index in [1.165, 1.54) is 0 Å². The molecule has 0 saturated carbocycles. The van der Waals surface area contributed by atoms with Crippen LogP contribution in [-0.2, 0) is 0 Å². The molecule has 0 aliphatic rings. The lowest BCUT2D eigenvalue weighted by Crippen LogP contribution is -2.07. The molecule has 3 N–H and O–H groups in total. The van der Waals surface area contributed by atoms with Gasteiger partial charge in [-0.25, -0.2) is 0 Å². The van der Waals surface area contributed by atoms with Gasteiger partial charge in [0, 0.05) is 5.02 Å². The molecule has 0 saturated heterocycles. The third-order valence-electron chi connectivity index (χ3n) is 1.78. The second kappa shape index (κ2) is 4.67. The van der Waals surface area contributed by atoms with Crippen LogP contribution in [0, 0.1) is 0 Å². The molecule has 0 aromatic heterocycles. The maximum absolute atomic E-state index is 8.37. The Morgan fingerprint density at radius 2 is 2.00 bits per heavy atom. The van der Waals surface area contributed by atoms with Gasteiger partial charge < -0.3 is 10.9 Å². The standard InChI is InChI=1S/C10H11ClN2O/c1-7(6-10(12)13-14)8-2-4-9(11)5-3-8/h2-6,14H,1H3,(H2,12,13). The molecular weight excluding hydrogens is 200 g/mol. The van der Waals surface area contributed by atoms with Gasteiger partial charge >= 0.3 is 0 Å². The molecule has 14 heavy (non-hydrogen) atoms. The Labute approximate surface area is 87.5 Å². The summed E-state index contributed by atoms with van der Waals surface area (Å²) in [5, 5.41) is 11.9. The molecule has 0 fully saturated rings. The van der Waals surface area contributed by atoms with E-state index in [0.717, 1.165) is 11.1 Å². The van der Waals surface area contributed by atoms with Crippen LogP contribution in [0.2, 0.25) is 5.02 Å². The zero-order chi connectivity index (χ0) is 10.6. The zero-order valence-electron chi connectivity index (χ0n) is 7.74. The first kappa shape index (κ1) is 10.6. The van der Waals surface area contributed by atoms with Crippen molar-refractivity contribution < 1.29 is 5.21 Å². The molecule has 0 bridgehead atoms. The van der Waals surface area contributed by atoms with E-state index in [9.17, 15) is 0 Å². The van der Waals surface area contributed by atoms with Gasteiger partial charge in [0.25, 0.3) is 0 Å². The second-order valence-corrected chi connectivity index (χ2v) is 3.30. The predicted molar refractivity (Wildman–Crippen MR) is 58.5 cm³/mol. The van der Waals surface area contributed by atoms with Gasteiger partial charge in [-0.1, -0.05) is 28.9 Å². The number of benzene rings is 1. The lowest BCUT2D eigenvalue weighted by molar-refractivity contribution is 0.319. The van der Waals surface area contributed by atoms with Crippen molar-refractivity contribution in [3.63, 3.8) is 0 Å². The zero-order valence-corrected chi connectivity index (χ0v) is 8.49. The van der Waals surface area contributed by atoms with Crippen LogP contribution in [0.3, 0.4) is 0 Å². The summed E-state index contributed by atoms with van der Waals surface area (Å²) in [7, 11) is 0. The number of amidine groups is 1. The SMILES string of the molecule is CC(=CC(N)=NO)c1ccc(Cl)cc1. The first-order valence-electron chi connectivity index (χ1n) is 4.05. The van der Waals surface area contributed by atoms with Crippen molar-refractivity contribution in [2.75, 3.05) is 0 Å². The highest BCUT2D eigenvalue weighted by molar-refractivity contribution is 6.30. The number of hydrogen-bond acceptors (Lipinski definition) is 2. The normalized spacial score (nSPS) is 13.0. The van der Waals surface area contributed by atoms with Crippen LogP contribution in [0.1, 0.15) is 12.5 Å². The lowest BCUT2D eigenvalue weighted by atomic mass is 10.1. The molecular formula is C10H11ClN2O. The van der Waals surface area contributed by atoms with E-state index in [4.69, 9.17) is 22.5 Å². The van der Waals surface area contributed by atoms with Crippen molar-refractivity contribution in [1.29, 1.82) is 0 Å². The Bertz CT molecular complexity index is 368. The van der Waals surface area contributed by atoms with Crippen LogP contribution in [-0.4, -0.2) is 11.0 Å². The minimum absolute atomic E-state index is 0.0810. The van der Waals surface area contributed by atoms with Gasteiger partial charge in [0.1, 0.15) is 0 Å². The Kier molecular flexibility index (Phi) is 3.54. The summed E-state index contributed by atoms with van der Waals surface area (Å²) >= 11 is 5.74. The highest BCUT2D eigenvalue weighted by Gasteiger charge is 1.96. The minimum Gasteiger partial charge on any atom is -0.409 e. The average Bonchev–Trinajstić information content (AvgIpc) is 2.18. The number of oxime groups is 1. The van der Waals surface area contributed by atoms with Crippen molar-refractivity contribution >= 4 is 23.0 Å². The van der Waals surface area contributed by atoms with E-state index >= 15 is 0 Å². The first-order chi connectivity index (χ1) is 6.63. The van der Waals surface area contributed by atoms with Crippen molar-refractivity contribution in [1.82, 2.24) is 0 Å². The van der Waals surface area contributed by atoms with E-state index in [2.05, 4.69) is 5.16 Å². The van der Waals surface area contributed by atoms with E-state index in [1.54, 1.807) is 18.2 Å². The summed E-state index contributed by atoms with van der Waals surface area (Å²) in [6, 6.07) is 7.33. The molecule has 0 unspecified atom stereocenters. The molecule has 0 radical (unpaired) electrons. The molecule has 4 heteroatoms. The van der Waals surface area contributed by atoms with E-state index in [0.29, 0.717) is 5.02 Å². The van der Waals surface area contributed by atoms with Crippen LogP contribution in [0.5, 0.6) is 0 Å². The van der Waals surface area contributed by atoms with E-state index in [-0.39, 0.29) is 5.84 Å². The van der Waals surface area contributed by atoms with Crippen LogP contribution in [0.4, 0.5) is 0 Å². The molecule has 0 aliphatic heterocycles. The fourth-order valence-electron chi connectivity index (χ4n) is 1.05. The Morgan fingerprint density at radius 1 is 1.43 bits per heavy atom. The van der Waals surface area contributed by atoms with Gasteiger partial charge in [0.15, 0.2) is 5.84 Å². The summed E-state index contributed by atoms with van der Waals surface area (Å²) < 4.78 is 0. The molecule has 1 aromatic carbocycles. The highest BCUT2D eigenvalue weighted by Crippen LogP contribution is 2.16. The van der Waals surface area contributed by atoms with E-state index in [1.807, 2.05) is 19.1 Å². The summed E-state index contributed by atoms with van der Waals surface area (Å²) in [6.07, 6.45) is 1.59. The smallest absolute Gasteiger partial charge is 0.163 e. The summed E-state index contributed by atoms with van der Waals surface area (Å²) in [6.45, 7) is 1.88. The van der Waals surface area contributed by atoms with Crippen molar-refractivity contribution in [2.24, 2.45) is 10.9 Å². The Hall–Kier alpha value is -1.48. The van der Waals surface area contributed by atoms with Crippen molar-refractivity contribution in [3.8, 4) is 0 Å². The summed E-state index contributed by atoms with van der Waals surface area (Å²) in [5.41, 5.74) is 7.24. The highest BCUT2D eigenvalue weighted by atomic mass is 35.5. The topological polar surface area (TPSA) is 58.6 Å². The lowest BCUT2D eigenvalue weighted by Gasteiger charge is -2.00. The molecule has 1 rings (SSSR count). The molecule has 0 heterocycles. The Balaban J connectivity index is 2.95. The minimum atomic E-state index is 0.0810. The fourth-order valence-corrected chi connectivity index (χ4v) is 1.17. The molecule has 0 atom stereocenters. The van der Waals surface area contributed by atoms with Gasteiger partial charge in [-0.2, -0.15) is 0 Å². The number of nitrogens with two attached hydrogens (primary N) is 1. The van der Waals surface area contributed by atoms with Gasteiger partial charge in [-0.05, 0) is 36.3 Å². The van der Waals surface area contributed by atoms with Gasteiger partial charge in [-0.15, -0.1) is 0 Å². The fraction of sp³-hybridized carbons (Fsp3) is 0.100. The third kappa shape index (κ3) is 2.78. The molecule has 0 spiro atoms. The average molecular weight is 211 g/mol. The monoisotopic (exact) mass is 210 g/mol. The van der Waals surface area contributed by atoms with Crippen molar-refractivity contribution in [2.45, 2.75) is 6.92 Å². The molecule has 1 aromatic rings. The van der Waals surface area contributed by atoms with Gasteiger partial charge in [0.2, 0.25) is 0 Å². The third-order valence-corrected chi connectivity index (χ3v) is 2.03. The van der Waals surface area contributed by atoms with Gasteiger partial charge in [0.05, 0.1) is 0 Å². The summed E-state index contributed by atoms with van der Waals surface area (Å²) in [5.74, 6) is 0.0810. The number of allylic oxidation sites excluding steroid dienone is 1. The maximum Gasteiger partial charge on any atom is 0.163 e. The van der Waals surface area contributed by atoms with Crippen LogP contribution in [0.25, 0.3) is 5.57 Å². The van der Waals surface area contributed by atoms with Crippen LogP contribution < -0.4 is 5.73 Å². The van der Waals surface area contributed by atoms with Crippen LogP contribution >= 0.6 is 11.6 Å². The Morgan fingerprint density at radius 3 is 2.50 bits per heavy atom. The molecule has 3 nitrogen and oxygen atoms in total. The van der Waals surface area contributed by atoms with Crippen molar-refractivity contribution in [3.05, 3.63) is 40.9 Å². The summed E-state index contributed by atoms with van der Waals surface area (Å²) in [4.78, 5) is 0. The molecule has 0 amide bonds. The maximum atomic E-state index is 8.37. The number of rotatable bonds is 2. The number of nitrogens with zero attached hydrogens (tertiary/aromatic N) is 1. The molecule has 74 valence electrons. The second-order valence-electron chi connectivity index (χ2n) is 2.86. The largest absolute Gasteiger partial charge is 0.409 e. The molecule has 0 aliphatic carbocycles. The van der Waals surface area contributed by atoms with Crippen LogP contribution in [0.15, 0.2) is 35.5 Å². The van der Waals surface area contributed by atoms with Gasteiger partial charge in [-0.3, -0.25) is 0 Å². The number of hydrogen-bond donors (Lipinski definition) is 2. The van der Waals surface area contributed by atoms with E-state index < -0.39 is 0 Å².